The van der Waals surface area contributed by atoms with Gasteiger partial charge in [-0.25, -0.2) is 4.79 Å². The van der Waals surface area contributed by atoms with Crippen LogP contribution in [0, 0.1) is 5.92 Å². The summed E-state index contributed by atoms with van der Waals surface area (Å²) < 4.78 is 38.7. The Labute approximate surface area is 156 Å². The van der Waals surface area contributed by atoms with E-state index in [1.165, 1.54) is 0 Å². The van der Waals surface area contributed by atoms with Crippen LogP contribution in [0.1, 0.15) is 44.1 Å². The van der Waals surface area contributed by atoms with E-state index >= 15 is 0 Å². The maximum atomic E-state index is 12.9. The smallest absolute Gasteiger partial charge is 0.391 e. The number of nitrogens with one attached hydrogen (secondary N) is 2. The zero-order valence-corrected chi connectivity index (χ0v) is 15.0. The minimum absolute atomic E-state index is 0.0958. The predicted octanol–water partition coefficient (Wildman–Crippen LogP) is 3.88. The van der Waals surface area contributed by atoms with Crippen molar-refractivity contribution in [3.63, 3.8) is 0 Å². The molecular formula is C19H25F3N2O3. The molecule has 0 heterocycles. The van der Waals surface area contributed by atoms with Crippen LogP contribution in [0.25, 0.3) is 0 Å². The van der Waals surface area contributed by atoms with Crippen LogP contribution in [0.2, 0.25) is 0 Å². The van der Waals surface area contributed by atoms with Gasteiger partial charge in [0.1, 0.15) is 0 Å². The van der Waals surface area contributed by atoms with Gasteiger partial charge in [-0.2, -0.15) is 13.2 Å². The molecule has 1 fully saturated rings. The topological polar surface area (TPSA) is 78.4 Å². The van der Waals surface area contributed by atoms with Gasteiger partial charge in [-0.3, -0.25) is 4.79 Å². The van der Waals surface area contributed by atoms with Gasteiger partial charge >= 0.3 is 18.2 Å². The zero-order valence-electron chi connectivity index (χ0n) is 15.0. The average Bonchev–Trinajstić information content (AvgIpc) is 2.60. The molecule has 0 bridgehead atoms. The molecule has 3 unspecified atom stereocenters. The Morgan fingerprint density at radius 2 is 1.89 bits per heavy atom. The fraction of sp³-hybridized carbons (Fsp3) is 0.579. The van der Waals surface area contributed by atoms with E-state index < -0.39 is 36.2 Å². The summed E-state index contributed by atoms with van der Waals surface area (Å²) in [6.07, 6.45) is -2.73. The fourth-order valence-electron chi connectivity index (χ4n) is 3.45. The second kappa shape index (κ2) is 9.62. The van der Waals surface area contributed by atoms with E-state index in [0.29, 0.717) is 19.3 Å². The van der Waals surface area contributed by atoms with Gasteiger partial charge in [-0.05, 0) is 37.7 Å². The highest BCUT2D eigenvalue weighted by molar-refractivity contribution is 5.74. The Kier molecular flexibility index (Phi) is 7.50. The Bertz CT molecular complexity index is 622. The minimum Gasteiger partial charge on any atom is -0.481 e. The van der Waals surface area contributed by atoms with Crippen molar-refractivity contribution in [3.8, 4) is 0 Å². The molecule has 1 aromatic carbocycles. The lowest BCUT2D eigenvalue weighted by atomic mass is 9.85. The number of carboxylic acid groups (broad SMARTS) is 1. The van der Waals surface area contributed by atoms with Crippen LogP contribution in [0.3, 0.4) is 0 Å². The Morgan fingerprint density at radius 3 is 2.52 bits per heavy atom. The van der Waals surface area contributed by atoms with E-state index in [2.05, 4.69) is 10.6 Å². The van der Waals surface area contributed by atoms with Gasteiger partial charge < -0.3 is 15.7 Å². The monoisotopic (exact) mass is 386 g/mol. The second-order valence-electron chi connectivity index (χ2n) is 7.04. The zero-order chi connectivity index (χ0) is 19.9. The highest BCUT2D eigenvalue weighted by atomic mass is 19.4. The molecular weight excluding hydrogens is 361 g/mol. The van der Waals surface area contributed by atoms with Gasteiger partial charge in [0.15, 0.2) is 0 Å². The molecule has 0 spiro atoms. The largest absolute Gasteiger partial charge is 0.481 e. The van der Waals surface area contributed by atoms with Crippen LogP contribution in [0.5, 0.6) is 0 Å². The molecule has 1 aromatic rings. The van der Waals surface area contributed by atoms with Crippen LogP contribution in [0.4, 0.5) is 18.0 Å². The van der Waals surface area contributed by atoms with Crippen molar-refractivity contribution in [1.82, 2.24) is 10.6 Å². The molecule has 2 rings (SSSR count). The van der Waals surface area contributed by atoms with Crippen molar-refractivity contribution in [1.29, 1.82) is 0 Å². The van der Waals surface area contributed by atoms with Gasteiger partial charge in [0.2, 0.25) is 0 Å². The first-order chi connectivity index (χ1) is 12.7. The summed E-state index contributed by atoms with van der Waals surface area (Å²) in [7, 11) is 0. The van der Waals surface area contributed by atoms with E-state index in [0.717, 1.165) is 5.56 Å². The first kappa shape index (κ1) is 21.1. The van der Waals surface area contributed by atoms with E-state index in [1.54, 1.807) is 0 Å². The standard InChI is InChI=1S/C19H25F3N2O3/c20-19(21,22)14-7-4-8-15(12-14)23-18(27)24-16(9-10-17(25)26)11-13-5-2-1-3-6-13/h1-3,5-6,14-16H,4,7-12H2,(H,25,26)(H2,23,24,27). The summed E-state index contributed by atoms with van der Waals surface area (Å²) in [6.45, 7) is 0. The van der Waals surface area contributed by atoms with Crippen molar-refractivity contribution in [3.05, 3.63) is 35.9 Å². The predicted molar refractivity (Wildman–Crippen MR) is 94.3 cm³/mol. The number of carbonyl (C=O) groups excluding carboxylic acids is 1. The average molecular weight is 386 g/mol. The summed E-state index contributed by atoms with van der Waals surface area (Å²) in [4.78, 5) is 23.1. The van der Waals surface area contributed by atoms with Gasteiger partial charge in [0.25, 0.3) is 0 Å². The van der Waals surface area contributed by atoms with Crippen LogP contribution < -0.4 is 10.6 Å². The first-order valence-corrected chi connectivity index (χ1v) is 9.13. The molecule has 1 aliphatic rings. The Balaban J connectivity index is 1.91. The van der Waals surface area contributed by atoms with E-state index in [4.69, 9.17) is 5.11 Å². The molecule has 0 aliphatic heterocycles. The molecule has 3 atom stereocenters. The molecule has 0 radical (unpaired) electrons. The van der Waals surface area contributed by atoms with Gasteiger partial charge in [0.05, 0.1) is 5.92 Å². The third kappa shape index (κ3) is 7.48. The normalized spacial score (nSPS) is 21.3. The van der Waals surface area contributed by atoms with Crippen LogP contribution in [-0.4, -0.2) is 35.4 Å². The molecule has 150 valence electrons. The number of aliphatic carboxylic acids is 1. The molecule has 3 N–H and O–H groups in total. The molecule has 5 nitrogen and oxygen atoms in total. The lowest BCUT2D eigenvalue weighted by Gasteiger charge is -2.31. The van der Waals surface area contributed by atoms with E-state index in [9.17, 15) is 22.8 Å². The van der Waals surface area contributed by atoms with E-state index in [-0.39, 0.29) is 25.7 Å². The first-order valence-electron chi connectivity index (χ1n) is 9.13. The summed E-state index contributed by atoms with van der Waals surface area (Å²) >= 11 is 0. The van der Waals surface area contributed by atoms with Gasteiger partial charge in [0, 0.05) is 18.5 Å². The summed E-state index contributed by atoms with van der Waals surface area (Å²) in [6, 6.07) is 7.83. The van der Waals surface area contributed by atoms with E-state index in [1.807, 2.05) is 30.3 Å². The summed E-state index contributed by atoms with van der Waals surface area (Å²) in [5, 5.41) is 14.2. The van der Waals surface area contributed by atoms with Gasteiger partial charge in [-0.15, -0.1) is 0 Å². The molecule has 27 heavy (non-hydrogen) atoms. The number of urea groups is 1. The fourth-order valence-corrected chi connectivity index (χ4v) is 3.45. The Hall–Kier alpha value is -2.25. The lowest BCUT2D eigenvalue weighted by Crippen LogP contribution is -2.49. The SMILES string of the molecule is O=C(O)CCC(Cc1ccccc1)NC(=O)NC1CCCC(C(F)(F)F)C1. The lowest BCUT2D eigenvalue weighted by molar-refractivity contribution is -0.183. The molecule has 2 amide bonds. The highest BCUT2D eigenvalue weighted by Crippen LogP contribution is 2.37. The molecule has 8 heteroatoms. The van der Waals surface area contributed by atoms with Gasteiger partial charge in [-0.1, -0.05) is 36.8 Å². The number of carboxylic acids is 1. The maximum Gasteiger partial charge on any atom is 0.391 e. The minimum atomic E-state index is -4.24. The number of hydrogen-bond donors (Lipinski definition) is 3. The van der Waals surface area contributed by atoms with Crippen LogP contribution in [0.15, 0.2) is 30.3 Å². The Morgan fingerprint density at radius 1 is 1.19 bits per heavy atom. The highest BCUT2D eigenvalue weighted by Gasteiger charge is 2.42. The third-order valence-electron chi connectivity index (χ3n) is 4.84. The van der Waals surface area contributed by atoms with Crippen molar-refractivity contribution in [2.75, 3.05) is 0 Å². The molecule has 1 saturated carbocycles. The van der Waals surface area contributed by atoms with Crippen molar-refractivity contribution in [2.24, 2.45) is 5.92 Å². The van der Waals surface area contributed by atoms with Crippen molar-refractivity contribution in [2.45, 2.75) is 63.2 Å². The molecule has 1 aliphatic carbocycles. The number of halogens is 3. The molecule has 0 saturated heterocycles. The number of amides is 2. The molecule has 0 aromatic heterocycles. The number of hydrogen-bond acceptors (Lipinski definition) is 2. The number of benzene rings is 1. The maximum absolute atomic E-state index is 12.9. The number of carbonyl (C=O) groups is 2. The quantitative estimate of drug-likeness (QED) is 0.665. The second-order valence-corrected chi connectivity index (χ2v) is 7.04. The van der Waals surface area contributed by atoms with Crippen molar-refractivity contribution >= 4 is 12.0 Å². The third-order valence-corrected chi connectivity index (χ3v) is 4.84. The van der Waals surface area contributed by atoms with Crippen LogP contribution in [-0.2, 0) is 11.2 Å². The van der Waals surface area contributed by atoms with Crippen LogP contribution >= 0.6 is 0 Å². The number of rotatable bonds is 7. The summed E-state index contributed by atoms with van der Waals surface area (Å²) in [5.74, 6) is -2.35. The summed E-state index contributed by atoms with van der Waals surface area (Å²) in [5.41, 5.74) is 0.947. The number of alkyl halides is 3. The van der Waals surface area contributed by atoms with Crippen molar-refractivity contribution < 1.29 is 27.9 Å².